The SMILES string of the molecule is Cc1cc(S(=O)(=O)N[C@@H](CN)C2CC2)c(F)cc1F. The minimum absolute atomic E-state index is 0.0810. The number of benzene rings is 1. The smallest absolute Gasteiger partial charge is 0.243 e. The van der Waals surface area contributed by atoms with E-state index in [2.05, 4.69) is 4.72 Å². The summed E-state index contributed by atoms with van der Waals surface area (Å²) in [6, 6.07) is 1.18. The zero-order valence-corrected chi connectivity index (χ0v) is 11.3. The van der Waals surface area contributed by atoms with Gasteiger partial charge >= 0.3 is 0 Å². The molecule has 1 aromatic rings. The monoisotopic (exact) mass is 290 g/mol. The second-order valence-corrected chi connectivity index (χ2v) is 6.52. The van der Waals surface area contributed by atoms with Crippen molar-refractivity contribution >= 4 is 10.0 Å². The molecule has 1 aliphatic carbocycles. The molecule has 0 unspecified atom stereocenters. The fourth-order valence-electron chi connectivity index (χ4n) is 1.93. The first-order valence-corrected chi connectivity index (χ1v) is 7.51. The van der Waals surface area contributed by atoms with Crippen LogP contribution in [-0.2, 0) is 10.0 Å². The first kappa shape index (κ1) is 14.4. The molecule has 1 fully saturated rings. The molecule has 3 N–H and O–H groups in total. The van der Waals surface area contributed by atoms with Gasteiger partial charge in [-0.15, -0.1) is 0 Å². The van der Waals surface area contributed by atoms with E-state index in [0.717, 1.165) is 18.9 Å². The second kappa shape index (κ2) is 5.15. The summed E-state index contributed by atoms with van der Waals surface area (Å²) in [4.78, 5) is -0.537. The Morgan fingerprint density at radius 3 is 2.53 bits per heavy atom. The van der Waals surface area contributed by atoms with Crippen molar-refractivity contribution in [2.75, 3.05) is 6.54 Å². The van der Waals surface area contributed by atoms with E-state index in [-0.39, 0.29) is 18.0 Å². The summed E-state index contributed by atoms with van der Waals surface area (Å²) in [6.45, 7) is 1.54. The Hall–Kier alpha value is -1.05. The van der Waals surface area contributed by atoms with E-state index in [4.69, 9.17) is 5.73 Å². The van der Waals surface area contributed by atoms with Gasteiger partial charge in [0.15, 0.2) is 0 Å². The summed E-state index contributed by atoms with van der Waals surface area (Å²) in [7, 11) is -4.02. The van der Waals surface area contributed by atoms with Gasteiger partial charge in [0, 0.05) is 18.7 Å². The summed E-state index contributed by atoms with van der Waals surface area (Å²) >= 11 is 0. The number of halogens is 2. The van der Waals surface area contributed by atoms with E-state index >= 15 is 0 Å². The fourth-order valence-corrected chi connectivity index (χ4v) is 3.40. The van der Waals surface area contributed by atoms with Crippen molar-refractivity contribution in [3.63, 3.8) is 0 Å². The van der Waals surface area contributed by atoms with Crippen LogP contribution in [0.25, 0.3) is 0 Å². The molecule has 1 saturated carbocycles. The van der Waals surface area contributed by atoms with Gasteiger partial charge in [-0.1, -0.05) is 0 Å². The first-order chi connectivity index (χ1) is 8.85. The Kier molecular flexibility index (Phi) is 3.89. The Morgan fingerprint density at radius 2 is 2.00 bits per heavy atom. The highest BCUT2D eigenvalue weighted by molar-refractivity contribution is 7.89. The van der Waals surface area contributed by atoms with E-state index in [1.807, 2.05) is 0 Å². The molecule has 19 heavy (non-hydrogen) atoms. The number of hydrogen-bond donors (Lipinski definition) is 2. The molecular weight excluding hydrogens is 274 g/mol. The largest absolute Gasteiger partial charge is 0.329 e. The van der Waals surface area contributed by atoms with Crippen LogP contribution in [0, 0.1) is 24.5 Å². The maximum absolute atomic E-state index is 13.6. The van der Waals surface area contributed by atoms with Gasteiger partial charge in [0.2, 0.25) is 10.0 Å². The normalized spacial score (nSPS) is 17.5. The summed E-state index contributed by atoms with van der Waals surface area (Å²) in [5.74, 6) is -1.65. The molecule has 0 saturated heterocycles. The summed E-state index contributed by atoms with van der Waals surface area (Å²) in [5, 5.41) is 0. The topological polar surface area (TPSA) is 72.2 Å². The van der Waals surface area contributed by atoms with E-state index in [0.29, 0.717) is 6.07 Å². The minimum atomic E-state index is -4.02. The quantitative estimate of drug-likeness (QED) is 0.858. The van der Waals surface area contributed by atoms with E-state index in [9.17, 15) is 17.2 Å². The van der Waals surface area contributed by atoms with Gasteiger partial charge < -0.3 is 5.73 Å². The molecule has 0 heterocycles. The average molecular weight is 290 g/mol. The summed E-state index contributed by atoms with van der Waals surface area (Å²) in [5.41, 5.74) is 5.59. The van der Waals surface area contributed by atoms with Crippen molar-refractivity contribution in [1.29, 1.82) is 0 Å². The standard InChI is InChI=1S/C12H16F2N2O2S/c1-7-4-12(10(14)5-9(7)13)19(17,18)16-11(6-15)8-2-3-8/h4-5,8,11,16H,2-3,6,15H2,1H3/t11-/m0/s1. The van der Waals surface area contributed by atoms with Crippen molar-refractivity contribution in [3.05, 3.63) is 29.3 Å². The number of nitrogens with two attached hydrogens (primary N) is 1. The third kappa shape index (κ3) is 3.10. The van der Waals surface area contributed by atoms with Crippen LogP contribution in [0.5, 0.6) is 0 Å². The second-order valence-electron chi connectivity index (χ2n) is 4.83. The maximum atomic E-state index is 13.6. The molecule has 1 aliphatic rings. The number of sulfonamides is 1. The average Bonchev–Trinajstić information content (AvgIpc) is 3.14. The molecule has 0 spiro atoms. The predicted octanol–water partition coefficient (Wildman–Crippen LogP) is 1.29. The van der Waals surface area contributed by atoms with Crippen LogP contribution < -0.4 is 10.5 Å². The number of hydrogen-bond acceptors (Lipinski definition) is 3. The van der Waals surface area contributed by atoms with Crippen molar-refractivity contribution in [2.45, 2.75) is 30.7 Å². The van der Waals surface area contributed by atoms with Gasteiger partial charge in [0.05, 0.1) is 0 Å². The Labute approximate surface area is 111 Å². The summed E-state index contributed by atoms with van der Waals surface area (Å²) in [6.07, 6.45) is 1.82. The minimum Gasteiger partial charge on any atom is -0.329 e. The summed E-state index contributed by atoms with van der Waals surface area (Å²) < 4.78 is 53.3. The van der Waals surface area contributed by atoms with Crippen molar-refractivity contribution < 1.29 is 17.2 Å². The molecule has 0 amide bonds. The van der Waals surface area contributed by atoms with Crippen LogP contribution in [0.2, 0.25) is 0 Å². The third-order valence-corrected chi connectivity index (χ3v) is 4.76. The Balaban J connectivity index is 2.31. The lowest BCUT2D eigenvalue weighted by Crippen LogP contribution is -2.41. The number of aryl methyl sites for hydroxylation is 1. The molecule has 0 bridgehead atoms. The van der Waals surface area contributed by atoms with Crippen molar-refractivity contribution in [1.82, 2.24) is 4.72 Å². The Bertz CT molecular complexity index is 586. The van der Waals surface area contributed by atoms with Gasteiger partial charge in [-0.2, -0.15) is 0 Å². The molecule has 0 aliphatic heterocycles. The molecule has 1 atom stereocenters. The highest BCUT2D eigenvalue weighted by atomic mass is 32.2. The predicted molar refractivity (Wildman–Crippen MR) is 67.0 cm³/mol. The molecule has 7 heteroatoms. The molecule has 0 aromatic heterocycles. The van der Waals surface area contributed by atoms with Gasteiger partial charge in [-0.05, 0) is 37.3 Å². The van der Waals surface area contributed by atoms with Gasteiger partial charge in [-0.25, -0.2) is 21.9 Å². The molecule has 106 valence electrons. The van der Waals surface area contributed by atoms with Crippen LogP contribution in [0.1, 0.15) is 18.4 Å². The fraction of sp³-hybridized carbons (Fsp3) is 0.500. The molecule has 4 nitrogen and oxygen atoms in total. The number of nitrogens with one attached hydrogen (secondary N) is 1. The molecule has 2 rings (SSSR count). The zero-order chi connectivity index (χ0) is 14.2. The number of rotatable bonds is 5. The van der Waals surface area contributed by atoms with Crippen LogP contribution in [0.15, 0.2) is 17.0 Å². The van der Waals surface area contributed by atoms with Gasteiger partial charge in [0.1, 0.15) is 16.5 Å². The van der Waals surface area contributed by atoms with Gasteiger partial charge in [0.25, 0.3) is 0 Å². The zero-order valence-electron chi connectivity index (χ0n) is 10.5. The lowest BCUT2D eigenvalue weighted by Gasteiger charge is -2.16. The van der Waals surface area contributed by atoms with Gasteiger partial charge in [-0.3, -0.25) is 0 Å². The lowest BCUT2D eigenvalue weighted by molar-refractivity contribution is 0.507. The van der Waals surface area contributed by atoms with Crippen molar-refractivity contribution in [2.24, 2.45) is 11.7 Å². The molecular formula is C12H16F2N2O2S. The highest BCUT2D eigenvalue weighted by Gasteiger charge is 2.34. The molecule has 0 radical (unpaired) electrons. The van der Waals surface area contributed by atoms with Crippen molar-refractivity contribution in [3.8, 4) is 0 Å². The third-order valence-electron chi connectivity index (χ3n) is 3.25. The Morgan fingerprint density at radius 1 is 1.37 bits per heavy atom. The van der Waals surface area contributed by atoms with Crippen LogP contribution in [0.3, 0.4) is 0 Å². The highest BCUT2D eigenvalue weighted by Crippen LogP contribution is 2.33. The van der Waals surface area contributed by atoms with E-state index < -0.39 is 32.6 Å². The van der Waals surface area contributed by atoms with Crippen LogP contribution >= 0.6 is 0 Å². The van der Waals surface area contributed by atoms with Crippen LogP contribution in [-0.4, -0.2) is 21.0 Å². The van der Waals surface area contributed by atoms with E-state index in [1.54, 1.807) is 0 Å². The maximum Gasteiger partial charge on any atom is 0.243 e. The lowest BCUT2D eigenvalue weighted by atomic mass is 10.2. The van der Waals surface area contributed by atoms with Crippen LogP contribution in [0.4, 0.5) is 8.78 Å². The van der Waals surface area contributed by atoms with E-state index in [1.165, 1.54) is 6.92 Å². The molecule has 1 aromatic carbocycles. The first-order valence-electron chi connectivity index (χ1n) is 6.03.